The largest absolute Gasteiger partial charge is 0.506 e. The maximum Gasteiger partial charge on any atom is 0.134 e. The number of rotatable bonds is 5. The second-order valence-electron chi connectivity index (χ2n) is 4.20. The zero-order valence-corrected chi connectivity index (χ0v) is 10.3. The van der Waals surface area contributed by atoms with E-state index in [4.69, 9.17) is 16.7 Å². The van der Waals surface area contributed by atoms with Gasteiger partial charge in [-0.2, -0.15) is 0 Å². The Bertz CT molecular complexity index is 342. The molecule has 0 aliphatic carbocycles. The molecule has 0 radical (unpaired) electrons. The first-order chi connectivity index (χ1) is 7.54. The highest BCUT2D eigenvalue weighted by Gasteiger charge is 2.11. The summed E-state index contributed by atoms with van der Waals surface area (Å²) in [4.78, 5) is 0. The second kappa shape index (κ2) is 6.09. The van der Waals surface area contributed by atoms with Gasteiger partial charge in [-0.15, -0.1) is 0 Å². The van der Waals surface area contributed by atoms with E-state index in [0.717, 1.165) is 5.56 Å². The molecular formula is C12H18ClNO2. The highest BCUT2D eigenvalue weighted by molar-refractivity contribution is 6.32. The van der Waals surface area contributed by atoms with Crippen molar-refractivity contribution in [1.29, 1.82) is 0 Å². The third-order valence-corrected chi connectivity index (χ3v) is 2.88. The van der Waals surface area contributed by atoms with Crippen molar-refractivity contribution in [1.82, 2.24) is 5.32 Å². The molecular weight excluding hydrogens is 226 g/mol. The van der Waals surface area contributed by atoms with Gasteiger partial charge in [0.2, 0.25) is 0 Å². The Kier molecular flexibility index (Phi) is 5.06. The van der Waals surface area contributed by atoms with Gasteiger partial charge in [-0.1, -0.05) is 31.5 Å². The Morgan fingerprint density at radius 2 is 2.06 bits per heavy atom. The number of nitrogens with one attached hydrogen (secondary N) is 1. The van der Waals surface area contributed by atoms with Crippen molar-refractivity contribution in [3.8, 4) is 5.75 Å². The predicted molar refractivity (Wildman–Crippen MR) is 65.7 cm³/mol. The molecule has 0 spiro atoms. The van der Waals surface area contributed by atoms with Crippen molar-refractivity contribution >= 4 is 11.6 Å². The molecule has 0 fully saturated rings. The molecule has 0 aromatic heterocycles. The van der Waals surface area contributed by atoms with Crippen molar-refractivity contribution in [2.45, 2.75) is 26.4 Å². The fraction of sp³-hybridized carbons (Fsp3) is 0.500. The molecule has 4 heteroatoms. The van der Waals surface area contributed by atoms with E-state index in [1.54, 1.807) is 12.1 Å². The summed E-state index contributed by atoms with van der Waals surface area (Å²) in [6.07, 6.45) is 0. The lowest BCUT2D eigenvalue weighted by Crippen LogP contribution is -2.36. The van der Waals surface area contributed by atoms with Crippen molar-refractivity contribution in [2.75, 3.05) is 6.61 Å². The summed E-state index contributed by atoms with van der Waals surface area (Å²) < 4.78 is 0. The number of aliphatic hydroxyl groups is 1. The molecule has 1 unspecified atom stereocenters. The summed E-state index contributed by atoms with van der Waals surface area (Å²) in [5, 5.41) is 22.0. The molecule has 90 valence electrons. The van der Waals surface area contributed by atoms with Crippen LogP contribution in [0.15, 0.2) is 18.2 Å². The van der Waals surface area contributed by atoms with Crippen LogP contribution >= 0.6 is 11.6 Å². The molecule has 0 heterocycles. The lowest BCUT2D eigenvalue weighted by atomic mass is 10.1. The van der Waals surface area contributed by atoms with Gasteiger partial charge in [0.25, 0.3) is 0 Å². The number of phenolic OH excluding ortho intramolecular Hbond substituents is 1. The summed E-state index contributed by atoms with van der Waals surface area (Å²) in [5.74, 6) is 0.463. The zero-order chi connectivity index (χ0) is 12.1. The Morgan fingerprint density at radius 1 is 1.38 bits per heavy atom. The van der Waals surface area contributed by atoms with Gasteiger partial charge in [0.1, 0.15) is 5.75 Å². The Balaban J connectivity index is 2.57. The molecule has 1 rings (SSSR count). The molecule has 16 heavy (non-hydrogen) atoms. The van der Waals surface area contributed by atoms with Gasteiger partial charge in [0.15, 0.2) is 0 Å². The van der Waals surface area contributed by atoms with E-state index in [-0.39, 0.29) is 18.4 Å². The zero-order valence-electron chi connectivity index (χ0n) is 9.57. The van der Waals surface area contributed by atoms with Crippen LogP contribution in [0.3, 0.4) is 0 Å². The third-order valence-electron chi connectivity index (χ3n) is 2.58. The number of hydrogen-bond donors (Lipinski definition) is 3. The van der Waals surface area contributed by atoms with Gasteiger partial charge in [-0.05, 0) is 23.6 Å². The van der Waals surface area contributed by atoms with Crippen LogP contribution in [0.4, 0.5) is 0 Å². The maximum absolute atomic E-state index is 9.26. The van der Waals surface area contributed by atoms with Crippen LogP contribution in [0, 0.1) is 5.92 Å². The lowest BCUT2D eigenvalue weighted by molar-refractivity contribution is 0.210. The summed E-state index contributed by atoms with van der Waals surface area (Å²) in [6, 6.07) is 5.18. The SMILES string of the molecule is CC(C)C(CO)NCc1ccc(O)c(Cl)c1. The molecule has 0 saturated carbocycles. The first kappa shape index (κ1) is 13.3. The average Bonchev–Trinajstić information content (AvgIpc) is 2.23. The van der Waals surface area contributed by atoms with E-state index in [2.05, 4.69) is 19.2 Å². The standard InChI is InChI=1S/C12H18ClNO2/c1-8(2)11(7-15)14-6-9-3-4-12(16)10(13)5-9/h3-5,8,11,14-16H,6-7H2,1-2H3. The van der Waals surface area contributed by atoms with Crippen LogP contribution in [0.2, 0.25) is 5.02 Å². The van der Waals surface area contributed by atoms with Gasteiger partial charge in [0.05, 0.1) is 11.6 Å². The number of halogens is 1. The van der Waals surface area contributed by atoms with Gasteiger partial charge < -0.3 is 15.5 Å². The molecule has 0 aliphatic rings. The molecule has 1 atom stereocenters. The minimum absolute atomic E-state index is 0.0765. The summed E-state index contributed by atoms with van der Waals surface area (Å²) in [5.41, 5.74) is 0.988. The average molecular weight is 244 g/mol. The Labute approximate surface area is 101 Å². The highest BCUT2D eigenvalue weighted by atomic mass is 35.5. The molecule has 1 aromatic carbocycles. The van der Waals surface area contributed by atoms with E-state index >= 15 is 0 Å². The summed E-state index contributed by atoms with van der Waals surface area (Å²) in [6.45, 7) is 4.85. The summed E-state index contributed by atoms with van der Waals surface area (Å²) in [7, 11) is 0. The number of benzene rings is 1. The summed E-state index contributed by atoms with van der Waals surface area (Å²) >= 11 is 5.80. The number of hydrogen-bond acceptors (Lipinski definition) is 3. The normalized spacial score (nSPS) is 13.1. The minimum atomic E-state index is 0.0765. The van der Waals surface area contributed by atoms with Gasteiger partial charge in [0, 0.05) is 12.6 Å². The molecule has 0 aliphatic heterocycles. The van der Waals surface area contributed by atoms with Crippen LogP contribution < -0.4 is 5.32 Å². The van der Waals surface area contributed by atoms with Gasteiger partial charge in [-0.25, -0.2) is 0 Å². The quantitative estimate of drug-likeness (QED) is 0.743. The lowest BCUT2D eigenvalue weighted by Gasteiger charge is -2.20. The topological polar surface area (TPSA) is 52.5 Å². The van der Waals surface area contributed by atoms with E-state index in [0.29, 0.717) is 17.5 Å². The first-order valence-electron chi connectivity index (χ1n) is 5.36. The smallest absolute Gasteiger partial charge is 0.134 e. The molecule has 1 aromatic rings. The fourth-order valence-electron chi connectivity index (χ4n) is 1.42. The number of aromatic hydroxyl groups is 1. The number of phenols is 1. The van der Waals surface area contributed by atoms with Crippen LogP contribution in [0.1, 0.15) is 19.4 Å². The van der Waals surface area contributed by atoms with Crippen molar-refractivity contribution in [3.05, 3.63) is 28.8 Å². The van der Waals surface area contributed by atoms with Crippen LogP contribution in [-0.4, -0.2) is 22.9 Å². The Hall–Kier alpha value is -0.770. The van der Waals surface area contributed by atoms with Crippen molar-refractivity contribution in [3.63, 3.8) is 0 Å². The van der Waals surface area contributed by atoms with Crippen molar-refractivity contribution < 1.29 is 10.2 Å². The van der Waals surface area contributed by atoms with E-state index in [9.17, 15) is 5.11 Å². The van der Waals surface area contributed by atoms with E-state index in [1.807, 2.05) is 6.07 Å². The molecule has 0 amide bonds. The van der Waals surface area contributed by atoms with E-state index in [1.165, 1.54) is 0 Å². The molecule has 0 saturated heterocycles. The highest BCUT2D eigenvalue weighted by Crippen LogP contribution is 2.23. The first-order valence-corrected chi connectivity index (χ1v) is 5.74. The third kappa shape index (κ3) is 3.67. The van der Waals surface area contributed by atoms with E-state index < -0.39 is 0 Å². The predicted octanol–water partition coefficient (Wildman–Crippen LogP) is 2.15. The van der Waals surface area contributed by atoms with Gasteiger partial charge >= 0.3 is 0 Å². The van der Waals surface area contributed by atoms with Crippen LogP contribution in [-0.2, 0) is 6.54 Å². The minimum Gasteiger partial charge on any atom is -0.506 e. The van der Waals surface area contributed by atoms with Gasteiger partial charge in [-0.3, -0.25) is 0 Å². The second-order valence-corrected chi connectivity index (χ2v) is 4.61. The molecule has 3 nitrogen and oxygen atoms in total. The number of aliphatic hydroxyl groups excluding tert-OH is 1. The molecule has 0 bridgehead atoms. The van der Waals surface area contributed by atoms with Crippen LogP contribution in [0.5, 0.6) is 5.75 Å². The maximum atomic E-state index is 9.26. The Morgan fingerprint density at radius 3 is 2.56 bits per heavy atom. The van der Waals surface area contributed by atoms with Crippen molar-refractivity contribution in [2.24, 2.45) is 5.92 Å². The monoisotopic (exact) mass is 243 g/mol. The fourth-order valence-corrected chi connectivity index (χ4v) is 1.62. The van der Waals surface area contributed by atoms with Crippen LogP contribution in [0.25, 0.3) is 0 Å². The molecule has 3 N–H and O–H groups in total.